The lowest BCUT2D eigenvalue weighted by Crippen LogP contribution is -2.34. The average molecular weight is 280 g/mol. The number of hydrogen-bond donors (Lipinski definition) is 1. The van der Waals surface area contributed by atoms with Crippen molar-refractivity contribution in [3.8, 4) is 0 Å². The summed E-state index contributed by atoms with van der Waals surface area (Å²) < 4.78 is 4.92. The van der Waals surface area contributed by atoms with Gasteiger partial charge in [-0.3, -0.25) is 4.79 Å². The van der Waals surface area contributed by atoms with Gasteiger partial charge in [0.1, 0.15) is 6.04 Å². The van der Waals surface area contributed by atoms with Crippen LogP contribution in [0.3, 0.4) is 0 Å². The van der Waals surface area contributed by atoms with Gasteiger partial charge in [-0.2, -0.15) is 0 Å². The van der Waals surface area contributed by atoms with Crippen molar-refractivity contribution in [3.63, 3.8) is 0 Å². The van der Waals surface area contributed by atoms with E-state index in [1.54, 1.807) is 6.92 Å². The Morgan fingerprint density at radius 2 is 1.89 bits per heavy atom. The monoisotopic (exact) mass is 279 g/mol. The highest BCUT2D eigenvalue weighted by molar-refractivity contribution is 5.86. The maximum Gasteiger partial charge on any atom is 0.323 e. The summed E-state index contributed by atoms with van der Waals surface area (Å²) in [5.41, 5.74) is 6.93. The van der Waals surface area contributed by atoms with Gasteiger partial charge in [-0.1, -0.05) is 42.5 Å². The number of rotatable bonds is 4. The number of hydrogen-bond acceptors (Lipinski definition) is 3. The van der Waals surface area contributed by atoms with E-state index < -0.39 is 6.04 Å². The van der Waals surface area contributed by atoms with Gasteiger partial charge in [-0.25, -0.2) is 0 Å². The second-order valence-corrected chi connectivity index (χ2v) is 4.20. The van der Waals surface area contributed by atoms with Crippen LogP contribution in [-0.4, -0.2) is 18.6 Å². The quantitative estimate of drug-likeness (QED) is 0.876. The highest BCUT2D eigenvalue weighted by Gasteiger charge is 2.16. The molecule has 0 aliphatic rings. The standard InChI is InChI=1S/C15H17NO2.ClH/c1-2-18-15(17)14(16)10-12-8-5-7-11-6-3-4-9-13(11)12;/h3-9,14H,2,10,16H2,1H3;1H/t14-;/m0./s1. The zero-order valence-electron chi connectivity index (χ0n) is 10.8. The van der Waals surface area contributed by atoms with E-state index in [2.05, 4.69) is 12.1 Å². The molecule has 0 aromatic heterocycles. The van der Waals surface area contributed by atoms with Crippen LogP contribution in [0, 0.1) is 0 Å². The molecule has 0 unspecified atom stereocenters. The molecule has 19 heavy (non-hydrogen) atoms. The predicted octanol–water partition coefficient (Wildman–Crippen LogP) is 2.69. The van der Waals surface area contributed by atoms with Crippen molar-refractivity contribution in [3.05, 3.63) is 48.0 Å². The van der Waals surface area contributed by atoms with Crippen LogP contribution in [0.5, 0.6) is 0 Å². The van der Waals surface area contributed by atoms with E-state index >= 15 is 0 Å². The molecule has 4 heteroatoms. The minimum Gasteiger partial charge on any atom is -0.465 e. The summed E-state index contributed by atoms with van der Waals surface area (Å²) in [6.45, 7) is 2.14. The van der Waals surface area contributed by atoms with Gasteiger partial charge in [0.2, 0.25) is 0 Å². The summed E-state index contributed by atoms with van der Waals surface area (Å²) in [7, 11) is 0. The average Bonchev–Trinajstić information content (AvgIpc) is 2.39. The number of halogens is 1. The first-order valence-electron chi connectivity index (χ1n) is 6.11. The largest absolute Gasteiger partial charge is 0.465 e. The van der Waals surface area contributed by atoms with E-state index in [-0.39, 0.29) is 18.4 Å². The molecule has 2 N–H and O–H groups in total. The van der Waals surface area contributed by atoms with E-state index in [0.717, 1.165) is 16.3 Å². The third-order valence-electron chi connectivity index (χ3n) is 2.91. The molecule has 0 saturated carbocycles. The Kier molecular flexibility index (Phi) is 5.80. The number of nitrogens with two attached hydrogens (primary N) is 1. The van der Waals surface area contributed by atoms with E-state index in [4.69, 9.17) is 10.5 Å². The van der Waals surface area contributed by atoms with Gasteiger partial charge in [0, 0.05) is 0 Å². The minimum atomic E-state index is -0.601. The molecule has 2 rings (SSSR count). The van der Waals surface area contributed by atoms with Crippen molar-refractivity contribution >= 4 is 29.1 Å². The van der Waals surface area contributed by atoms with Crippen molar-refractivity contribution in [2.45, 2.75) is 19.4 Å². The number of fused-ring (bicyclic) bond motifs is 1. The van der Waals surface area contributed by atoms with E-state index in [1.165, 1.54) is 0 Å². The molecule has 0 aliphatic heterocycles. The van der Waals surface area contributed by atoms with Crippen LogP contribution in [-0.2, 0) is 16.0 Å². The first kappa shape index (κ1) is 15.5. The van der Waals surface area contributed by atoms with Crippen LogP contribution in [0.1, 0.15) is 12.5 Å². The van der Waals surface area contributed by atoms with Gasteiger partial charge in [0.25, 0.3) is 0 Å². The molecule has 0 spiro atoms. The topological polar surface area (TPSA) is 52.3 Å². The Bertz CT molecular complexity index is 551. The van der Waals surface area contributed by atoms with Crippen molar-refractivity contribution in [1.82, 2.24) is 0 Å². The number of carbonyl (C=O) groups is 1. The second kappa shape index (κ2) is 7.12. The maximum absolute atomic E-state index is 11.5. The SMILES string of the molecule is CCOC(=O)[C@@H](N)Cc1cccc2ccccc12.Cl. The van der Waals surface area contributed by atoms with Gasteiger partial charge < -0.3 is 10.5 Å². The van der Waals surface area contributed by atoms with E-state index in [0.29, 0.717) is 13.0 Å². The summed E-state index contributed by atoms with van der Waals surface area (Å²) in [4.78, 5) is 11.5. The summed E-state index contributed by atoms with van der Waals surface area (Å²) in [5, 5.41) is 2.30. The smallest absolute Gasteiger partial charge is 0.323 e. The van der Waals surface area contributed by atoms with Crippen molar-refractivity contribution in [1.29, 1.82) is 0 Å². The molecule has 102 valence electrons. The van der Waals surface area contributed by atoms with Gasteiger partial charge in [-0.15, -0.1) is 12.4 Å². The Labute approximate surface area is 119 Å². The molecule has 1 atom stereocenters. The summed E-state index contributed by atoms with van der Waals surface area (Å²) in [6.07, 6.45) is 0.500. The van der Waals surface area contributed by atoms with Crippen LogP contribution in [0.25, 0.3) is 10.8 Å². The van der Waals surface area contributed by atoms with Gasteiger partial charge in [0.05, 0.1) is 6.61 Å². The van der Waals surface area contributed by atoms with Crippen LogP contribution in [0.4, 0.5) is 0 Å². The molecule has 0 heterocycles. The summed E-state index contributed by atoms with van der Waals surface area (Å²) in [5.74, 6) is -0.342. The van der Waals surface area contributed by atoms with Crippen LogP contribution in [0.15, 0.2) is 42.5 Å². The second-order valence-electron chi connectivity index (χ2n) is 4.20. The minimum absolute atomic E-state index is 0. The number of benzene rings is 2. The van der Waals surface area contributed by atoms with Crippen LogP contribution in [0.2, 0.25) is 0 Å². The van der Waals surface area contributed by atoms with Gasteiger partial charge in [0.15, 0.2) is 0 Å². The third-order valence-corrected chi connectivity index (χ3v) is 2.91. The Morgan fingerprint density at radius 3 is 2.63 bits per heavy atom. The van der Waals surface area contributed by atoms with Crippen LogP contribution >= 0.6 is 12.4 Å². The van der Waals surface area contributed by atoms with Crippen molar-refractivity contribution in [2.75, 3.05) is 6.61 Å². The molecule has 0 fully saturated rings. The van der Waals surface area contributed by atoms with E-state index in [9.17, 15) is 4.79 Å². The lowest BCUT2D eigenvalue weighted by atomic mass is 9.99. The summed E-state index contributed by atoms with van der Waals surface area (Å²) in [6, 6.07) is 13.5. The molecular weight excluding hydrogens is 262 g/mol. The Hall–Kier alpha value is -1.58. The Morgan fingerprint density at radius 1 is 1.21 bits per heavy atom. The molecular formula is C15H18ClNO2. The lowest BCUT2D eigenvalue weighted by Gasteiger charge is -2.12. The molecule has 2 aromatic carbocycles. The predicted molar refractivity (Wildman–Crippen MR) is 79.5 cm³/mol. The first-order valence-corrected chi connectivity index (χ1v) is 6.11. The van der Waals surface area contributed by atoms with Gasteiger partial charge >= 0.3 is 5.97 Å². The van der Waals surface area contributed by atoms with Crippen molar-refractivity contribution in [2.24, 2.45) is 5.73 Å². The highest BCUT2D eigenvalue weighted by Crippen LogP contribution is 2.19. The molecule has 0 bridgehead atoms. The fourth-order valence-electron chi connectivity index (χ4n) is 2.04. The molecule has 0 radical (unpaired) electrons. The van der Waals surface area contributed by atoms with Gasteiger partial charge in [-0.05, 0) is 29.7 Å². The number of carbonyl (C=O) groups excluding carboxylic acids is 1. The fraction of sp³-hybridized carbons (Fsp3) is 0.267. The molecule has 0 saturated heterocycles. The lowest BCUT2D eigenvalue weighted by molar-refractivity contribution is -0.144. The third kappa shape index (κ3) is 3.69. The number of ether oxygens (including phenoxy) is 1. The van der Waals surface area contributed by atoms with Crippen LogP contribution < -0.4 is 5.73 Å². The zero-order chi connectivity index (χ0) is 13.0. The molecule has 3 nitrogen and oxygen atoms in total. The zero-order valence-corrected chi connectivity index (χ0v) is 11.7. The normalized spacial score (nSPS) is 11.7. The fourth-order valence-corrected chi connectivity index (χ4v) is 2.04. The van der Waals surface area contributed by atoms with E-state index in [1.807, 2.05) is 30.3 Å². The maximum atomic E-state index is 11.5. The van der Waals surface area contributed by atoms with Crippen molar-refractivity contribution < 1.29 is 9.53 Å². The Balaban J connectivity index is 0.00000180. The first-order chi connectivity index (χ1) is 8.72. The molecule has 0 amide bonds. The highest BCUT2D eigenvalue weighted by atomic mass is 35.5. The number of esters is 1. The molecule has 0 aliphatic carbocycles. The summed E-state index contributed by atoms with van der Waals surface area (Å²) >= 11 is 0. The molecule has 2 aromatic rings.